The summed E-state index contributed by atoms with van der Waals surface area (Å²) in [6.45, 7) is 5.83. The molecule has 1 N–H and O–H groups in total. The molecule has 130 valence electrons. The lowest BCUT2D eigenvalue weighted by molar-refractivity contribution is 0.0264. The van der Waals surface area contributed by atoms with Gasteiger partial charge in [0.2, 0.25) is 0 Å². The second-order valence-electron chi connectivity index (χ2n) is 6.96. The van der Waals surface area contributed by atoms with E-state index in [9.17, 15) is 0 Å². The van der Waals surface area contributed by atoms with Crippen molar-refractivity contribution in [1.82, 2.24) is 20.4 Å². The summed E-state index contributed by atoms with van der Waals surface area (Å²) in [6, 6.07) is 0. The monoisotopic (exact) mass is 348 g/mol. The summed E-state index contributed by atoms with van der Waals surface area (Å²) in [5.41, 5.74) is 1.33. The first-order valence-corrected chi connectivity index (χ1v) is 9.63. The number of rotatable bonds is 5. The Balaban J connectivity index is 1.25. The smallest absolute Gasteiger partial charge is 0.255 e. The van der Waals surface area contributed by atoms with Crippen molar-refractivity contribution < 1.29 is 9.26 Å². The van der Waals surface area contributed by atoms with Gasteiger partial charge in [-0.25, -0.2) is 4.98 Å². The van der Waals surface area contributed by atoms with Crippen LogP contribution in [0.15, 0.2) is 4.52 Å². The normalized spacial score (nSPS) is 26.7. The van der Waals surface area contributed by atoms with Gasteiger partial charge in [-0.3, -0.25) is 0 Å². The van der Waals surface area contributed by atoms with Crippen LogP contribution >= 0.6 is 11.3 Å². The van der Waals surface area contributed by atoms with Gasteiger partial charge in [0.05, 0.1) is 11.8 Å². The predicted molar refractivity (Wildman–Crippen MR) is 90.9 cm³/mol. The molecule has 4 rings (SSSR count). The lowest BCUT2D eigenvalue weighted by atomic mass is 9.93. The van der Waals surface area contributed by atoms with Crippen LogP contribution in [-0.4, -0.2) is 27.8 Å². The molecule has 3 heterocycles. The summed E-state index contributed by atoms with van der Waals surface area (Å²) in [5.74, 6) is 2.07. The van der Waals surface area contributed by atoms with E-state index in [0.29, 0.717) is 11.7 Å². The van der Waals surface area contributed by atoms with Gasteiger partial charge in [-0.05, 0) is 44.9 Å². The van der Waals surface area contributed by atoms with Crippen molar-refractivity contribution in [1.29, 1.82) is 0 Å². The van der Waals surface area contributed by atoms with Gasteiger partial charge in [0.25, 0.3) is 5.89 Å². The van der Waals surface area contributed by atoms with Gasteiger partial charge < -0.3 is 14.6 Å². The molecule has 0 spiro atoms. The fraction of sp³-hybridized carbons (Fsp3) is 0.706. The number of aromatic nitrogens is 3. The Morgan fingerprint density at radius 1 is 1.25 bits per heavy atom. The molecule has 1 saturated heterocycles. The van der Waals surface area contributed by atoms with Crippen molar-refractivity contribution in [2.24, 2.45) is 5.92 Å². The first kappa shape index (κ1) is 16.2. The third kappa shape index (κ3) is 3.53. The highest BCUT2D eigenvalue weighted by molar-refractivity contribution is 7.11. The number of ether oxygens (including phenoxy) is 1. The van der Waals surface area contributed by atoms with Crippen LogP contribution in [0.1, 0.15) is 59.6 Å². The fourth-order valence-corrected chi connectivity index (χ4v) is 4.74. The Morgan fingerprint density at radius 3 is 3.00 bits per heavy atom. The molecule has 7 heteroatoms. The number of hydrogen-bond acceptors (Lipinski definition) is 7. The molecule has 0 saturated carbocycles. The first-order chi connectivity index (χ1) is 11.7. The number of hydrogen-bond donors (Lipinski definition) is 1. The van der Waals surface area contributed by atoms with E-state index < -0.39 is 0 Å². The number of nitrogens with zero attached hydrogens (tertiary/aromatic N) is 3. The minimum absolute atomic E-state index is 0.0494. The summed E-state index contributed by atoms with van der Waals surface area (Å²) in [4.78, 5) is 10.6. The van der Waals surface area contributed by atoms with E-state index >= 15 is 0 Å². The second-order valence-corrected chi connectivity index (χ2v) is 8.13. The molecule has 0 amide bonds. The fourth-order valence-electron chi connectivity index (χ4n) is 3.49. The maximum Gasteiger partial charge on any atom is 0.255 e. The molecule has 3 atom stereocenters. The maximum atomic E-state index is 6.02. The highest BCUT2D eigenvalue weighted by atomic mass is 32.1. The lowest BCUT2D eigenvalue weighted by Crippen LogP contribution is -2.26. The molecule has 1 fully saturated rings. The topological polar surface area (TPSA) is 73.1 Å². The summed E-state index contributed by atoms with van der Waals surface area (Å²) in [7, 11) is 0. The Bertz CT molecular complexity index is 699. The molecule has 2 aromatic heterocycles. The van der Waals surface area contributed by atoms with Gasteiger partial charge in [0, 0.05) is 18.0 Å². The molecule has 2 aromatic rings. The maximum absolute atomic E-state index is 6.02. The molecule has 0 unspecified atom stereocenters. The molecule has 0 radical (unpaired) electrons. The molecule has 0 bridgehead atoms. The predicted octanol–water partition coefficient (Wildman–Crippen LogP) is 2.97. The van der Waals surface area contributed by atoms with E-state index in [4.69, 9.17) is 14.2 Å². The van der Waals surface area contributed by atoms with Crippen LogP contribution < -0.4 is 5.32 Å². The highest BCUT2D eigenvalue weighted by Gasteiger charge is 2.30. The van der Waals surface area contributed by atoms with Crippen molar-refractivity contribution in [3.8, 4) is 0 Å². The molecule has 1 aliphatic heterocycles. The molecular weight excluding hydrogens is 324 g/mol. The SMILES string of the molecule is Cc1noc([C@@H]2CC[C@H](CNCc3nc4c(s3)C[C@H](C)CC4)O2)n1. The average molecular weight is 348 g/mol. The van der Waals surface area contributed by atoms with Gasteiger partial charge in [-0.2, -0.15) is 4.98 Å². The van der Waals surface area contributed by atoms with Gasteiger partial charge >= 0.3 is 0 Å². The van der Waals surface area contributed by atoms with Crippen molar-refractivity contribution in [3.63, 3.8) is 0 Å². The summed E-state index contributed by atoms with van der Waals surface area (Å²) < 4.78 is 11.2. The Hall–Kier alpha value is -1.31. The zero-order chi connectivity index (χ0) is 16.5. The number of nitrogens with one attached hydrogen (secondary N) is 1. The van der Waals surface area contributed by atoms with Crippen molar-refractivity contribution in [2.75, 3.05) is 6.54 Å². The van der Waals surface area contributed by atoms with Crippen LogP contribution in [0.5, 0.6) is 0 Å². The molecule has 0 aromatic carbocycles. The molecule has 6 nitrogen and oxygen atoms in total. The van der Waals surface area contributed by atoms with Gasteiger partial charge in [0.1, 0.15) is 11.1 Å². The van der Waals surface area contributed by atoms with Gasteiger partial charge in [-0.1, -0.05) is 12.1 Å². The van der Waals surface area contributed by atoms with E-state index in [1.54, 1.807) is 0 Å². The van der Waals surface area contributed by atoms with E-state index in [-0.39, 0.29) is 12.2 Å². The second kappa shape index (κ2) is 6.90. The van der Waals surface area contributed by atoms with Crippen LogP contribution in [0.4, 0.5) is 0 Å². The number of thiazole rings is 1. The van der Waals surface area contributed by atoms with E-state index in [1.165, 1.54) is 28.4 Å². The third-order valence-corrected chi connectivity index (χ3v) is 5.92. The van der Waals surface area contributed by atoms with Gasteiger partial charge in [0.15, 0.2) is 5.82 Å². The van der Waals surface area contributed by atoms with Crippen LogP contribution in [0.25, 0.3) is 0 Å². The zero-order valence-electron chi connectivity index (χ0n) is 14.2. The van der Waals surface area contributed by atoms with Crippen LogP contribution in [0, 0.1) is 12.8 Å². The van der Waals surface area contributed by atoms with Gasteiger partial charge in [-0.15, -0.1) is 11.3 Å². The standard InChI is InChI=1S/C17H24N4O2S/c1-10-3-5-13-15(7-10)24-16(20-13)9-18-8-12-4-6-14(22-12)17-19-11(2)21-23-17/h10,12,14,18H,3-9H2,1-2H3/t10-,12-,14+/m1/s1. The molecule has 24 heavy (non-hydrogen) atoms. The summed E-state index contributed by atoms with van der Waals surface area (Å²) in [5, 5.41) is 8.54. The Morgan fingerprint density at radius 2 is 2.17 bits per heavy atom. The summed E-state index contributed by atoms with van der Waals surface area (Å²) in [6.07, 6.45) is 5.73. The van der Waals surface area contributed by atoms with E-state index in [0.717, 1.165) is 38.3 Å². The lowest BCUT2D eigenvalue weighted by Gasteiger charge is -2.15. The third-order valence-electron chi connectivity index (χ3n) is 4.80. The zero-order valence-corrected chi connectivity index (χ0v) is 15.1. The van der Waals surface area contributed by atoms with E-state index in [1.807, 2.05) is 18.3 Å². The minimum atomic E-state index is -0.0494. The number of aryl methyl sites for hydroxylation is 2. The van der Waals surface area contributed by atoms with Crippen molar-refractivity contribution >= 4 is 11.3 Å². The van der Waals surface area contributed by atoms with Crippen LogP contribution in [-0.2, 0) is 24.1 Å². The van der Waals surface area contributed by atoms with Crippen LogP contribution in [0.3, 0.4) is 0 Å². The quantitative estimate of drug-likeness (QED) is 0.895. The summed E-state index contributed by atoms with van der Waals surface area (Å²) >= 11 is 1.87. The molecule has 2 aliphatic rings. The highest BCUT2D eigenvalue weighted by Crippen LogP contribution is 2.32. The van der Waals surface area contributed by atoms with E-state index in [2.05, 4.69) is 22.4 Å². The van der Waals surface area contributed by atoms with Crippen LogP contribution in [0.2, 0.25) is 0 Å². The average Bonchev–Trinajstić information content (AvgIpc) is 3.26. The Kier molecular flexibility index (Phi) is 4.65. The first-order valence-electron chi connectivity index (χ1n) is 8.81. The van der Waals surface area contributed by atoms with Crippen molar-refractivity contribution in [2.45, 2.75) is 64.7 Å². The minimum Gasteiger partial charge on any atom is -0.364 e. The number of fused-ring (bicyclic) bond motifs is 1. The van der Waals surface area contributed by atoms with Crippen molar-refractivity contribution in [3.05, 3.63) is 27.3 Å². The molecule has 1 aliphatic carbocycles. The Labute approximate surface area is 146 Å². The molecular formula is C17H24N4O2S. The largest absolute Gasteiger partial charge is 0.364 e.